The molecule has 6 nitrogen and oxygen atoms in total. The Morgan fingerprint density at radius 3 is 2.59 bits per heavy atom. The maximum absolute atomic E-state index is 13.4. The van der Waals surface area contributed by atoms with Crippen molar-refractivity contribution in [2.45, 2.75) is 25.3 Å². The molecule has 2 aliphatic heterocycles. The molecule has 0 N–H and O–H groups in total. The first-order valence-corrected chi connectivity index (χ1v) is 10.00. The molecule has 152 valence electrons. The summed E-state index contributed by atoms with van der Waals surface area (Å²) < 4.78 is 10.9. The number of carbonyl (C=O) groups excluding carboxylic acids is 2. The van der Waals surface area contributed by atoms with Crippen LogP contribution >= 0.6 is 0 Å². The van der Waals surface area contributed by atoms with E-state index in [1.807, 2.05) is 53.4 Å². The zero-order valence-corrected chi connectivity index (χ0v) is 16.8. The van der Waals surface area contributed by atoms with E-state index in [0.717, 1.165) is 35.6 Å². The van der Waals surface area contributed by atoms with E-state index in [4.69, 9.17) is 9.47 Å². The Bertz CT molecular complexity index is 899. The van der Waals surface area contributed by atoms with Gasteiger partial charge in [-0.2, -0.15) is 0 Å². The van der Waals surface area contributed by atoms with Gasteiger partial charge >= 0.3 is 0 Å². The van der Waals surface area contributed by atoms with Crippen LogP contribution in [0, 0.1) is 5.92 Å². The fourth-order valence-corrected chi connectivity index (χ4v) is 4.42. The van der Waals surface area contributed by atoms with Gasteiger partial charge in [-0.25, -0.2) is 0 Å². The van der Waals surface area contributed by atoms with Crippen LogP contribution in [0.15, 0.2) is 48.5 Å². The van der Waals surface area contributed by atoms with E-state index in [1.54, 1.807) is 19.1 Å². The lowest BCUT2D eigenvalue weighted by Gasteiger charge is -2.29. The third-order valence-electron chi connectivity index (χ3n) is 5.87. The summed E-state index contributed by atoms with van der Waals surface area (Å²) in [5, 5.41) is 0. The lowest BCUT2D eigenvalue weighted by atomic mass is 10.0. The van der Waals surface area contributed by atoms with Crippen LogP contribution in [0.2, 0.25) is 0 Å². The van der Waals surface area contributed by atoms with Crippen LogP contribution < -0.4 is 14.4 Å². The Labute approximate surface area is 171 Å². The molecule has 0 aromatic heterocycles. The highest BCUT2D eigenvalue weighted by Gasteiger charge is 2.41. The second kappa shape index (κ2) is 8.15. The average molecular weight is 394 g/mol. The second-order valence-electron chi connectivity index (χ2n) is 7.54. The minimum absolute atomic E-state index is 0.00394. The summed E-state index contributed by atoms with van der Waals surface area (Å²) in [6, 6.07) is 15.2. The lowest BCUT2D eigenvalue weighted by molar-refractivity contribution is -0.136. The van der Waals surface area contributed by atoms with Gasteiger partial charge in [-0.15, -0.1) is 0 Å². The van der Waals surface area contributed by atoms with Gasteiger partial charge in [-0.05, 0) is 43.2 Å². The summed E-state index contributed by atoms with van der Waals surface area (Å²) in [5.74, 6) is 1.23. The number of ether oxygens (including phenoxy) is 2. The van der Waals surface area contributed by atoms with Crippen LogP contribution in [-0.4, -0.2) is 44.0 Å². The largest absolute Gasteiger partial charge is 0.497 e. The predicted molar refractivity (Wildman–Crippen MR) is 110 cm³/mol. The summed E-state index contributed by atoms with van der Waals surface area (Å²) >= 11 is 0. The molecule has 2 aromatic rings. The maximum Gasteiger partial charge on any atom is 0.228 e. The van der Waals surface area contributed by atoms with E-state index >= 15 is 0 Å². The van der Waals surface area contributed by atoms with Gasteiger partial charge in [0.15, 0.2) is 0 Å². The van der Waals surface area contributed by atoms with Crippen molar-refractivity contribution in [3.05, 3.63) is 54.1 Å². The van der Waals surface area contributed by atoms with Crippen molar-refractivity contribution >= 4 is 17.5 Å². The number of nitrogens with zero attached hydrogens (tertiary/aromatic N) is 2. The molecule has 0 saturated carbocycles. The van der Waals surface area contributed by atoms with Crippen molar-refractivity contribution in [1.82, 2.24) is 4.90 Å². The Balaban J connectivity index is 1.55. The SMILES string of the molecule is COc1ccc(OC)c([C@H]2CCCN2C(=O)[C@@H]2CC(=O)N(c3ccccc3)C2)c1. The first-order chi connectivity index (χ1) is 14.1. The molecule has 0 aliphatic carbocycles. The van der Waals surface area contributed by atoms with Gasteiger partial charge in [-0.3, -0.25) is 9.59 Å². The highest BCUT2D eigenvalue weighted by atomic mass is 16.5. The van der Waals surface area contributed by atoms with Crippen LogP contribution in [-0.2, 0) is 9.59 Å². The van der Waals surface area contributed by atoms with Crippen LogP contribution in [0.1, 0.15) is 30.9 Å². The third-order valence-corrected chi connectivity index (χ3v) is 5.87. The molecule has 4 rings (SSSR count). The Morgan fingerprint density at radius 2 is 1.86 bits per heavy atom. The molecule has 2 amide bonds. The number of methoxy groups -OCH3 is 2. The van der Waals surface area contributed by atoms with Crippen LogP contribution in [0.25, 0.3) is 0 Å². The lowest BCUT2D eigenvalue weighted by Crippen LogP contribution is -2.37. The third kappa shape index (κ3) is 3.67. The highest BCUT2D eigenvalue weighted by molar-refractivity contribution is 6.00. The van der Waals surface area contributed by atoms with Crippen LogP contribution in [0.4, 0.5) is 5.69 Å². The maximum atomic E-state index is 13.4. The Kier molecular flexibility index (Phi) is 5.43. The monoisotopic (exact) mass is 394 g/mol. The number of hydrogen-bond acceptors (Lipinski definition) is 4. The molecule has 2 aromatic carbocycles. The topological polar surface area (TPSA) is 59.1 Å². The molecule has 0 radical (unpaired) electrons. The smallest absolute Gasteiger partial charge is 0.228 e. The highest BCUT2D eigenvalue weighted by Crippen LogP contribution is 2.40. The number of para-hydroxylation sites is 1. The van der Waals surface area contributed by atoms with Crippen LogP contribution in [0.3, 0.4) is 0 Å². The normalized spacial score (nSPS) is 21.5. The minimum atomic E-state index is -0.320. The first-order valence-electron chi connectivity index (χ1n) is 10.00. The molecule has 2 atom stereocenters. The fraction of sp³-hybridized carbons (Fsp3) is 0.391. The fourth-order valence-electron chi connectivity index (χ4n) is 4.42. The number of rotatable bonds is 5. The van der Waals surface area contributed by atoms with Crippen molar-refractivity contribution in [3.8, 4) is 11.5 Å². The molecule has 29 heavy (non-hydrogen) atoms. The summed E-state index contributed by atoms with van der Waals surface area (Å²) in [6.07, 6.45) is 2.06. The van der Waals surface area contributed by atoms with E-state index in [1.165, 1.54) is 0 Å². The molecule has 2 fully saturated rings. The van der Waals surface area contributed by atoms with E-state index in [0.29, 0.717) is 13.1 Å². The summed E-state index contributed by atoms with van der Waals surface area (Å²) in [6.45, 7) is 1.13. The Hall–Kier alpha value is -3.02. The Morgan fingerprint density at radius 1 is 1.07 bits per heavy atom. The van der Waals surface area contributed by atoms with Crippen molar-refractivity contribution in [3.63, 3.8) is 0 Å². The van der Waals surface area contributed by atoms with Gasteiger partial charge < -0.3 is 19.3 Å². The number of hydrogen-bond donors (Lipinski definition) is 0. The molecule has 0 spiro atoms. The molecule has 0 unspecified atom stereocenters. The zero-order valence-electron chi connectivity index (χ0n) is 16.8. The number of anilines is 1. The van der Waals surface area contributed by atoms with E-state index in [9.17, 15) is 9.59 Å². The molecule has 2 heterocycles. The minimum Gasteiger partial charge on any atom is -0.497 e. The van der Waals surface area contributed by atoms with E-state index in [-0.39, 0.29) is 30.2 Å². The van der Waals surface area contributed by atoms with Crippen molar-refractivity contribution in [1.29, 1.82) is 0 Å². The van der Waals surface area contributed by atoms with Crippen molar-refractivity contribution in [2.75, 3.05) is 32.2 Å². The summed E-state index contributed by atoms with van der Waals surface area (Å²) in [4.78, 5) is 29.6. The summed E-state index contributed by atoms with van der Waals surface area (Å²) in [5.41, 5.74) is 1.81. The number of benzene rings is 2. The number of amides is 2. The van der Waals surface area contributed by atoms with E-state index < -0.39 is 0 Å². The summed E-state index contributed by atoms with van der Waals surface area (Å²) in [7, 11) is 3.27. The molecular weight excluding hydrogens is 368 g/mol. The molecule has 2 aliphatic rings. The van der Waals surface area contributed by atoms with Crippen molar-refractivity contribution in [2.24, 2.45) is 5.92 Å². The average Bonchev–Trinajstić information content (AvgIpc) is 3.40. The van der Waals surface area contributed by atoms with Crippen molar-refractivity contribution < 1.29 is 19.1 Å². The van der Waals surface area contributed by atoms with Gasteiger partial charge in [0, 0.05) is 30.8 Å². The number of carbonyl (C=O) groups is 2. The molecular formula is C23H26N2O4. The van der Waals surface area contributed by atoms with Gasteiger partial charge in [0.05, 0.1) is 26.2 Å². The van der Waals surface area contributed by atoms with Gasteiger partial charge in [0.2, 0.25) is 11.8 Å². The second-order valence-corrected chi connectivity index (χ2v) is 7.54. The predicted octanol–water partition coefficient (Wildman–Crippen LogP) is 3.42. The molecule has 0 bridgehead atoms. The molecule has 6 heteroatoms. The number of likely N-dealkylation sites (tertiary alicyclic amines) is 1. The zero-order chi connectivity index (χ0) is 20.4. The van der Waals surface area contributed by atoms with Crippen LogP contribution in [0.5, 0.6) is 11.5 Å². The van der Waals surface area contributed by atoms with Gasteiger partial charge in [-0.1, -0.05) is 18.2 Å². The van der Waals surface area contributed by atoms with E-state index in [2.05, 4.69) is 0 Å². The van der Waals surface area contributed by atoms with Gasteiger partial charge in [0.1, 0.15) is 11.5 Å². The molecule has 2 saturated heterocycles. The quantitative estimate of drug-likeness (QED) is 0.780. The standard InChI is InChI=1S/C23H26N2O4/c1-28-18-10-11-21(29-2)19(14-18)20-9-6-12-24(20)23(27)16-13-22(26)25(15-16)17-7-4-3-5-8-17/h3-5,7-8,10-11,14,16,20H,6,9,12-13,15H2,1-2H3/t16-,20-/m1/s1. The first kappa shape index (κ1) is 19.3. The van der Waals surface area contributed by atoms with Gasteiger partial charge in [0.25, 0.3) is 0 Å².